The molecule has 23 heavy (non-hydrogen) atoms. The summed E-state index contributed by atoms with van der Waals surface area (Å²) in [6.45, 7) is 2.71. The monoisotopic (exact) mass is 317 g/mol. The normalized spacial score (nSPS) is 19.9. The van der Waals surface area contributed by atoms with E-state index in [4.69, 9.17) is 4.74 Å². The molecule has 1 atom stereocenters. The third kappa shape index (κ3) is 2.96. The summed E-state index contributed by atoms with van der Waals surface area (Å²) in [6.07, 6.45) is 5.98. The molecule has 122 valence electrons. The van der Waals surface area contributed by atoms with Crippen LogP contribution in [0.1, 0.15) is 41.4 Å². The summed E-state index contributed by atoms with van der Waals surface area (Å²) in [5, 5.41) is 19.0. The minimum atomic E-state index is -0.251. The van der Waals surface area contributed by atoms with E-state index in [1.807, 2.05) is 0 Å². The first-order chi connectivity index (χ1) is 11.3. The van der Waals surface area contributed by atoms with Gasteiger partial charge in [-0.05, 0) is 19.3 Å². The third-order valence-electron chi connectivity index (χ3n) is 4.28. The van der Waals surface area contributed by atoms with Crippen molar-refractivity contribution in [2.75, 3.05) is 6.61 Å². The second-order valence-corrected chi connectivity index (χ2v) is 5.93. The van der Waals surface area contributed by atoms with Crippen LogP contribution in [0, 0.1) is 0 Å². The SMILES string of the molecule is O=C(NCc1nnc2n1CCC2)c1cn(CC2CCCO2)nn1. The minimum Gasteiger partial charge on any atom is -0.376 e. The van der Waals surface area contributed by atoms with Gasteiger partial charge in [0.15, 0.2) is 11.5 Å². The zero-order chi connectivity index (χ0) is 15.6. The summed E-state index contributed by atoms with van der Waals surface area (Å²) >= 11 is 0. The fourth-order valence-corrected chi connectivity index (χ4v) is 3.08. The van der Waals surface area contributed by atoms with Crippen molar-refractivity contribution in [3.8, 4) is 0 Å². The van der Waals surface area contributed by atoms with Gasteiger partial charge in [-0.2, -0.15) is 0 Å². The molecule has 9 nitrogen and oxygen atoms in total. The number of carbonyl (C=O) groups excluding carboxylic acids is 1. The molecule has 2 aromatic rings. The van der Waals surface area contributed by atoms with Crippen molar-refractivity contribution in [2.24, 2.45) is 0 Å². The Morgan fingerprint density at radius 1 is 1.35 bits per heavy atom. The van der Waals surface area contributed by atoms with E-state index in [1.165, 1.54) is 0 Å². The Bertz CT molecular complexity index is 702. The number of rotatable bonds is 5. The van der Waals surface area contributed by atoms with Gasteiger partial charge in [-0.15, -0.1) is 15.3 Å². The first-order valence-corrected chi connectivity index (χ1v) is 8.00. The van der Waals surface area contributed by atoms with E-state index in [2.05, 4.69) is 30.4 Å². The van der Waals surface area contributed by atoms with Crippen LogP contribution in [0.15, 0.2) is 6.20 Å². The molecule has 0 radical (unpaired) electrons. The van der Waals surface area contributed by atoms with Crippen LogP contribution in [0.25, 0.3) is 0 Å². The molecule has 2 aliphatic rings. The molecular formula is C14H19N7O2. The van der Waals surface area contributed by atoms with Crippen LogP contribution in [-0.4, -0.2) is 48.4 Å². The van der Waals surface area contributed by atoms with Crippen LogP contribution < -0.4 is 5.32 Å². The third-order valence-corrected chi connectivity index (χ3v) is 4.28. The number of aryl methyl sites for hydroxylation is 1. The molecule has 1 N–H and O–H groups in total. The second-order valence-electron chi connectivity index (χ2n) is 5.93. The number of hydrogen-bond donors (Lipinski definition) is 1. The highest BCUT2D eigenvalue weighted by Crippen LogP contribution is 2.14. The first-order valence-electron chi connectivity index (χ1n) is 8.00. The first kappa shape index (κ1) is 14.3. The number of fused-ring (bicyclic) bond motifs is 1. The highest BCUT2D eigenvalue weighted by atomic mass is 16.5. The fraction of sp³-hybridized carbons (Fsp3) is 0.643. The predicted octanol–water partition coefficient (Wildman–Crippen LogP) is -0.0752. The molecular weight excluding hydrogens is 298 g/mol. The van der Waals surface area contributed by atoms with E-state index in [0.717, 1.165) is 50.5 Å². The Morgan fingerprint density at radius 2 is 2.30 bits per heavy atom. The van der Waals surface area contributed by atoms with Crippen LogP contribution in [0.4, 0.5) is 0 Å². The largest absolute Gasteiger partial charge is 0.376 e. The number of aromatic nitrogens is 6. The molecule has 9 heteroatoms. The topological polar surface area (TPSA) is 99.8 Å². The van der Waals surface area contributed by atoms with Gasteiger partial charge in [-0.25, -0.2) is 4.68 Å². The van der Waals surface area contributed by atoms with E-state index < -0.39 is 0 Å². The van der Waals surface area contributed by atoms with Crippen LogP contribution in [0.3, 0.4) is 0 Å². The number of carbonyl (C=O) groups is 1. The number of ether oxygens (including phenoxy) is 1. The van der Waals surface area contributed by atoms with Crippen molar-refractivity contribution in [1.82, 2.24) is 35.1 Å². The van der Waals surface area contributed by atoms with Gasteiger partial charge < -0.3 is 14.6 Å². The Morgan fingerprint density at radius 3 is 3.17 bits per heavy atom. The fourth-order valence-electron chi connectivity index (χ4n) is 3.08. The van der Waals surface area contributed by atoms with Crippen LogP contribution >= 0.6 is 0 Å². The number of amides is 1. The van der Waals surface area contributed by atoms with Gasteiger partial charge in [0.1, 0.15) is 5.82 Å². The molecule has 0 aliphatic carbocycles. The molecule has 0 spiro atoms. The Labute approximate surface area is 133 Å². The van der Waals surface area contributed by atoms with E-state index in [1.54, 1.807) is 10.9 Å². The summed E-state index contributed by atoms with van der Waals surface area (Å²) in [5.41, 5.74) is 0.309. The van der Waals surface area contributed by atoms with Crippen molar-refractivity contribution < 1.29 is 9.53 Å². The zero-order valence-electron chi connectivity index (χ0n) is 12.8. The lowest BCUT2D eigenvalue weighted by atomic mass is 10.2. The zero-order valence-corrected chi connectivity index (χ0v) is 12.8. The lowest BCUT2D eigenvalue weighted by Gasteiger charge is -2.07. The van der Waals surface area contributed by atoms with Gasteiger partial charge in [-0.1, -0.05) is 5.21 Å². The van der Waals surface area contributed by atoms with Gasteiger partial charge in [0.25, 0.3) is 5.91 Å². The van der Waals surface area contributed by atoms with Gasteiger partial charge >= 0.3 is 0 Å². The number of nitrogens with zero attached hydrogens (tertiary/aromatic N) is 6. The van der Waals surface area contributed by atoms with Gasteiger partial charge in [0.2, 0.25) is 0 Å². The molecule has 1 saturated heterocycles. The van der Waals surface area contributed by atoms with Gasteiger partial charge in [0, 0.05) is 19.6 Å². The minimum absolute atomic E-state index is 0.172. The van der Waals surface area contributed by atoms with Crippen LogP contribution in [-0.2, 0) is 30.8 Å². The summed E-state index contributed by atoms with van der Waals surface area (Å²) < 4.78 is 9.29. The second kappa shape index (κ2) is 6.07. The lowest BCUT2D eigenvalue weighted by molar-refractivity contribution is 0.0929. The maximum absolute atomic E-state index is 12.2. The summed E-state index contributed by atoms with van der Waals surface area (Å²) in [7, 11) is 0. The van der Waals surface area contributed by atoms with E-state index >= 15 is 0 Å². The van der Waals surface area contributed by atoms with Crippen molar-refractivity contribution in [2.45, 2.75) is 51.4 Å². The molecule has 4 heterocycles. The average molecular weight is 317 g/mol. The van der Waals surface area contributed by atoms with Crippen molar-refractivity contribution in [3.63, 3.8) is 0 Å². The smallest absolute Gasteiger partial charge is 0.273 e. The maximum Gasteiger partial charge on any atom is 0.273 e. The summed E-state index contributed by atoms with van der Waals surface area (Å²) in [4.78, 5) is 12.2. The predicted molar refractivity (Wildman–Crippen MR) is 78.5 cm³/mol. The van der Waals surface area contributed by atoms with Gasteiger partial charge in [0.05, 0.1) is 25.4 Å². The quantitative estimate of drug-likeness (QED) is 0.828. The highest BCUT2D eigenvalue weighted by molar-refractivity contribution is 5.91. The van der Waals surface area contributed by atoms with Crippen molar-refractivity contribution >= 4 is 5.91 Å². The van der Waals surface area contributed by atoms with Crippen molar-refractivity contribution in [1.29, 1.82) is 0 Å². The Kier molecular flexibility index (Phi) is 3.78. The van der Waals surface area contributed by atoms with E-state index in [-0.39, 0.29) is 12.0 Å². The van der Waals surface area contributed by atoms with Crippen LogP contribution in [0.5, 0.6) is 0 Å². The maximum atomic E-state index is 12.2. The van der Waals surface area contributed by atoms with E-state index in [9.17, 15) is 4.79 Å². The highest BCUT2D eigenvalue weighted by Gasteiger charge is 2.20. The van der Waals surface area contributed by atoms with Gasteiger partial charge in [-0.3, -0.25) is 4.79 Å². The number of nitrogens with one attached hydrogen (secondary N) is 1. The summed E-state index contributed by atoms with van der Waals surface area (Å²) in [5.74, 6) is 1.54. The molecule has 1 unspecified atom stereocenters. The number of hydrogen-bond acceptors (Lipinski definition) is 6. The molecule has 0 bridgehead atoms. The molecule has 1 fully saturated rings. The Hall–Kier alpha value is -2.29. The van der Waals surface area contributed by atoms with Crippen LogP contribution in [0.2, 0.25) is 0 Å². The average Bonchev–Trinajstić information content (AvgIpc) is 3.31. The molecule has 0 aromatic carbocycles. The van der Waals surface area contributed by atoms with E-state index in [0.29, 0.717) is 18.8 Å². The molecule has 0 saturated carbocycles. The molecule has 4 rings (SSSR count). The summed E-state index contributed by atoms with van der Waals surface area (Å²) in [6, 6.07) is 0. The standard InChI is InChI=1S/C14H19N7O2/c22-14(15-7-13-18-17-12-4-1-5-21(12)13)11-9-20(19-16-11)8-10-3-2-6-23-10/h9-10H,1-8H2,(H,15,22). The Balaban J connectivity index is 1.34. The molecule has 2 aliphatic heterocycles. The molecule has 2 aromatic heterocycles. The molecule has 1 amide bonds. The lowest BCUT2D eigenvalue weighted by Crippen LogP contribution is -2.25. The van der Waals surface area contributed by atoms with Crippen molar-refractivity contribution in [3.05, 3.63) is 23.5 Å².